The van der Waals surface area contributed by atoms with Crippen LogP contribution < -0.4 is 10.1 Å². The maximum absolute atomic E-state index is 12.6. The van der Waals surface area contributed by atoms with Gasteiger partial charge in [-0.3, -0.25) is 4.79 Å². The van der Waals surface area contributed by atoms with Crippen molar-refractivity contribution >= 4 is 17.6 Å². The molecule has 1 unspecified atom stereocenters. The predicted octanol–water partition coefficient (Wildman–Crippen LogP) is 3.32. The second kappa shape index (κ2) is 9.27. The van der Waals surface area contributed by atoms with Gasteiger partial charge in [0.2, 0.25) is 0 Å². The molecule has 1 atom stereocenters. The van der Waals surface area contributed by atoms with E-state index in [1.54, 1.807) is 24.3 Å². The molecule has 0 bridgehead atoms. The summed E-state index contributed by atoms with van der Waals surface area (Å²) in [6, 6.07) is 6.58. The third-order valence-corrected chi connectivity index (χ3v) is 3.38. The first-order chi connectivity index (χ1) is 11.3. The molecule has 24 heavy (non-hydrogen) atoms. The minimum Gasteiger partial charge on any atom is -0.482 e. The van der Waals surface area contributed by atoms with Gasteiger partial charge in [-0.05, 0) is 49.9 Å². The number of carbonyl (C=O) groups is 2. The van der Waals surface area contributed by atoms with Crippen molar-refractivity contribution in [2.45, 2.75) is 46.1 Å². The fourth-order valence-electron chi connectivity index (χ4n) is 2.37. The summed E-state index contributed by atoms with van der Waals surface area (Å²) < 4.78 is 10.9. The number of carbonyl (C=O) groups excluding carboxylic acids is 1. The van der Waals surface area contributed by atoms with E-state index < -0.39 is 18.2 Å². The third-order valence-electron chi connectivity index (χ3n) is 3.38. The Bertz CT molecular complexity index is 541. The second-order valence-corrected chi connectivity index (χ2v) is 6.34. The van der Waals surface area contributed by atoms with Gasteiger partial charge in [-0.25, -0.2) is 4.79 Å². The van der Waals surface area contributed by atoms with Gasteiger partial charge in [-0.1, -0.05) is 20.8 Å². The second-order valence-electron chi connectivity index (χ2n) is 6.34. The van der Waals surface area contributed by atoms with E-state index in [0.29, 0.717) is 30.4 Å². The Hall–Kier alpha value is -2.08. The van der Waals surface area contributed by atoms with Gasteiger partial charge in [0.1, 0.15) is 11.4 Å². The van der Waals surface area contributed by atoms with Crippen LogP contribution in [0.3, 0.4) is 0 Å². The highest BCUT2D eigenvalue weighted by Gasteiger charge is 2.34. The molecule has 0 saturated carbocycles. The van der Waals surface area contributed by atoms with Crippen molar-refractivity contribution in [3.05, 3.63) is 24.3 Å². The van der Waals surface area contributed by atoms with Crippen molar-refractivity contribution in [1.29, 1.82) is 0 Å². The first kappa shape index (κ1) is 20.0. The number of hydrogen-bond donors (Lipinski definition) is 2. The zero-order valence-corrected chi connectivity index (χ0v) is 14.8. The molecular formula is C18H27NO5. The monoisotopic (exact) mass is 337 g/mol. The average molecular weight is 337 g/mol. The molecule has 0 aliphatic heterocycles. The zero-order chi connectivity index (χ0) is 18.2. The first-order valence-corrected chi connectivity index (χ1v) is 8.17. The lowest BCUT2D eigenvalue weighted by Gasteiger charge is -2.30. The van der Waals surface area contributed by atoms with Gasteiger partial charge < -0.3 is 19.9 Å². The van der Waals surface area contributed by atoms with Crippen LogP contribution in [0.1, 0.15) is 40.5 Å². The Morgan fingerprint density at radius 3 is 2.38 bits per heavy atom. The van der Waals surface area contributed by atoms with E-state index >= 15 is 0 Å². The van der Waals surface area contributed by atoms with Gasteiger partial charge in [0.15, 0.2) is 6.61 Å². The molecule has 1 aromatic rings. The van der Waals surface area contributed by atoms with E-state index in [2.05, 4.69) is 19.2 Å². The largest absolute Gasteiger partial charge is 0.482 e. The predicted molar refractivity (Wildman–Crippen MR) is 92.3 cm³/mol. The molecule has 0 aromatic heterocycles. The van der Waals surface area contributed by atoms with Crippen LogP contribution in [0, 0.1) is 5.92 Å². The van der Waals surface area contributed by atoms with E-state index in [-0.39, 0.29) is 5.91 Å². The van der Waals surface area contributed by atoms with E-state index in [0.717, 1.165) is 6.42 Å². The quantitative estimate of drug-likeness (QED) is 0.684. The third kappa shape index (κ3) is 6.58. The summed E-state index contributed by atoms with van der Waals surface area (Å²) in [5.74, 6) is -0.472. The minimum absolute atomic E-state index is 0.191. The number of anilines is 1. The number of nitrogens with one attached hydrogen (secondary N) is 1. The van der Waals surface area contributed by atoms with Crippen LogP contribution >= 0.6 is 0 Å². The topological polar surface area (TPSA) is 84.9 Å². The molecule has 134 valence electrons. The van der Waals surface area contributed by atoms with Crippen molar-refractivity contribution in [3.8, 4) is 5.75 Å². The summed E-state index contributed by atoms with van der Waals surface area (Å²) in [6.45, 7) is 8.04. The van der Waals surface area contributed by atoms with Gasteiger partial charge >= 0.3 is 5.97 Å². The zero-order valence-electron chi connectivity index (χ0n) is 14.8. The number of carboxylic acid groups (broad SMARTS) is 1. The molecule has 2 N–H and O–H groups in total. The smallest absolute Gasteiger partial charge is 0.341 e. The van der Waals surface area contributed by atoms with Crippen LogP contribution in [0.5, 0.6) is 5.75 Å². The lowest BCUT2D eigenvalue weighted by Crippen LogP contribution is -2.44. The summed E-state index contributed by atoms with van der Waals surface area (Å²) in [6.07, 6.45) is 1.47. The van der Waals surface area contributed by atoms with Crippen LogP contribution in [0.4, 0.5) is 5.69 Å². The normalized spacial score (nSPS) is 13.4. The van der Waals surface area contributed by atoms with E-state index in [9.17, 15) is 9.59 Å². The highest BCUT2D eigenvalue weighted by molar-refractivity contribution is 5.97. The maximum atomic E-state index is 12.6. The van der Waals surface area contributed by atoms with Crippen LogP contribution in [0.2, 0.25) is 0 Å². The Balaban J connectivity index is 2.73. The minimum atomic E-state index is -1.04. The fourth-order valence-corrected chi connectivity index (χ4v) is 2.37. The van der Waals surface area contributed by atoms with Crippen LogP contribution in [-0.2, 0) is 14.3 Å². The highest BCUT2D eigenvalue weighted by Crippen LogP contribution is 2.24. The van der Waals surface area contributed by atoms with Crippen molar-refractivity contribution in [2.24, 2.45) is 5.92 Å². The summed E-state index contributed by atoms with van der Waals surface area (Å²) in [4.78, 5) is 23.1. The van der Waals surface area contributed by atoms with Gasteiger partial charge in [-0.15, -0.1) is 0 Å². The number of ether oxygens (including phenoxy) is 2. The molecule has 0 fully saturated rings. The van der Waals surface area contributed by atoms with E-state index in [1.807, 2.05) is 13.8 Å². The summed E-state index contributed by atoms with van der Waals surface area (Å²) in [7, 11) is 0. The summed E-state index contributed by atoms with van der Waals surface area (Å²) in [5, 5.41) is 11.4. The van der Waals surface area contributed by atoms with Crippen molar-refractivity contribution in [3.63, 3.8) is 0 Å². The first-order valence-electron chi connectivity index (χ1n) is 8.17. The number of hydrogen-bond acceptors (Lipinski definition) is 4. The molecular weight excluding hydrogens is 310 g/mol. The molecule has 0 saturated heterocycles. The lowest BCUT2D eigenvalue weighted by molar-refractivity contribution is -0.141. The summed E-state index contributed by atoms with van der Waals surface area (Å²) >= 11 is 0. The molecule has 0 aliphatic rings. The molecule has 0 radical (unpaired) electrons. The van der Waals surface area contributed by atoms with Crippen LogP contribution in [0.15, 0.2) is 24.3 Å². The van der Waals surface area contributed by atoms with E-state index in [4.69, 9.17) is 14.6 Å². The molecule has 6 heteroatoms. The maximum Gasteiger partial charge on any atom is 0.341 e. The Morgan fingerprint density at radius 1 is 1.25 bits per heavy atom. The Labute approximate surface area is 143 Å². The van der Waals surface area contributed by atoms with Gasteiger partial charge in [0.05, 0.1) is 0 Å². The van der Waals surface area contributed by atoms with E-state index in [1.165, 1.54) is 0 Å². The Kier molecular flexibility index (Phi) is 7.71. The standard InChI is InChI=1S/C18H27NO5/c1-5-10-24-18(4,11-13(2)3)17(22)19-14-6-8-15(9-7-14)23-12-16(20)21/h6-9,13H,5,10-12H2,1-4H3,(H,19,22)(H,20,21). The molecule has 6 nitrogen and oxygen atoms in total. The molecule has 1 rings (SSSR count). The average Bonchev–Trinajstić information content (AvgIpc) is 2.51. The molecule has 1 aromatic carbocycles. The van der Waals surface area contributed by atoms with Crippen molar-refractivity contribution < 1.29 is 24.2 Å². The Morgan fingerprint density at radius 2 is 1.88 bits per heavy atom. The highest BCUT2D eigenvalue weighted by atomic mass is 16.5. The van der Waals surface area contributed by atoms with Crippen molar-refractivity contribution in [1.82, 2.24) is 0 Å². The van der Waals surface area contributed by atoms with Crippen LogP contribution in [0.25, 0.3) is 0 Å². The van der Waals surface area contributed by atoms with Gasteiger partial charge in [0, 0.05) is 12.3 Å². The van der Waals surface area contributed by atoms with Gasteiger partial charge in [-0.2, -0.15) is 0 Å². The van der Waals surface area contributed by atoms with Gasteiger partial charge in [0.25, 0.3) is 5.91 Å². The fraction of sp³-hybridized carbons (Fsp3) is 0.556. The number of rotatable bonds is 10. The number of aliphatic carboxylic acids is 1. The molecule has 0 spiro atoms. The number of carboxylic acids is 1. The summed E-state index contributed by atoms with van der Waals surface area (Å²) in [5.41, 5.74) is -0.277. The number of benzene rings is 1. The molecule has 1 amide bonds. The van der Waals surface area contributed by atoms with Crippen LogP contribution in [-0.4, -0.2) is 35.8 Å². The SMILES string of the molecule is CCCOC(C)(CC(C)C)C(=O)Nc1ccc(OCC(=O)O)cc1. The van der Waals surface area contributed by atoms with Crippen molar-refractivity contribution in [2.75, 3.05) is 18.5 Å². The molecule has 0 aliphatic carbocycles. The lowest BCUT2D eigenvalue weighted by atomic mass is 9.93. The molecule has 0 heterocycles. The number of amides is 1.